The third-order valence-corrected chi connectivity index (χ3v) is 8.40. The molecule has 0 radical (unpaired) electrons. The molecular formula is C26H30O3. The molecule has 5 atom stereocenters. The first-order valence-electron chi connectivity index (χ1n) is 11.1. The fraction of sp³-hybridized carbons (Fsp3) is 0.538. The molecule has 2 saturated carbocycles. The number of benzene rings is 1. The molecule has 4 aliphatic carbocycles. The number of Topliss-reactive ketones (excluding diaryl/α,β-unsaturated/α-hetero) is 1. The second-order valence-corrected chi connectivity index (χ2v) is 9.86. The summed E-state index contributed by atoms with van der Waals surface area (Å²) >= 11 is 0. The van der Waals surface area contributed by atoms with Crippen molar-refractivity contribution in [1.82, 2.24) is 0 Å². The summed E-state index contributed by atoms with van der Waals surface area (Å²) < 4.78 is 0. The molecule has 2 fully saturated rings. The van der Waals surface area contributed by atoms with E-state index in [9.17, 15) is 14.7 Å². The zero-order valence-corrected chi connectivity index (χ0v) is 17.4. The van der Waals surface area contributed by atoms with Crippen molar-refractivity contribution < 1.29 is 14.7 Å². The van der Waals surface area contributed by atoms with Crippen LogP contribution in [0.5, 0.6) is 0 Å². The van der Waals surface area contributed by atoms with Gasteiger partial charge in [0.2, 0.25) is 0 Å². The SMILES string of the molecule is CC(=O)c1ccc([C@H]2C[C@@]3(C)C(CC[C@@H]3O)C3CCC4=CC(=O)CCC4=C32)cc1. The molecule has 1 aromatic rings. The lowest BCUT2D eigenvalue weighted by molar-refractivity contribution is -0.114. The number of fused-ring (bicyclic) bond motifs is 4. The van der Waals surface area contributed by atoms with E-state index in [1.807, 2.05) is 18.2 Å². The van der Waals surface area contributed by atoms with Gasteiger partial charge in [0.1, 0.15) is 0 Å². The van der Waals surface area contributed by atoms with E-state index in [0.29, 0.717) is 18.3 Å². The van der Waals surface area contributed by atoms with E-state index >= 15 is 0 Å². The van der Waals surface area contributed by atoms with Gasteiger partial charge < -0.3 is 5.11 Å². The number of allylic oxidation sites excluding steroid dienone is 4. The van der Waals surface area contributed by atoms with Gasteiger partial charge in [-0.05, 0) is 85.5 Å². The summed E-state index contributed by atoms with van der Waals surface area (Å²) in [6.45, 7) is 3.90. The molecule has 0 spiro atoms. The Morgan fingerprint density at radius 2 is 1.83 bits per heavy atom. The van der Waals surface area contributed by atoms with E-state index in [1.165, 1.54) is 16.7 Å². The molecular weight excluding hydrogens is 360 g/mol. The molecule has 0 bridgehead atoms. The highest BCUT2D eigenvalue weighted by atomic mass is 16.3. The maximum atomic E-state index is 12.0. The van der Waals surface area contributed by atoms with Gasteiger partial charge in [-0.3, -0.25) is 9.59 Å². The maximum Gasteiger partial charge on any atom is 0.159 e. The number of aliphatic hydroxyl groups is 1. The van der Waals surface area contributed by atoms with Crippen molar-refractivity contribution in [3.8, 4) is 0 Å². The molecule has 1 N–H and O–H groups in total. The van der Waals surface area contributed by atoms with Crippen LogP contribution < -0.4 is 0 Å². The van der Waals surface area contributed by atoms with Crippen LogP contribution in [0, 0.1) is 17.3 Å². The van der Waals surface area contributed by atoms with E-state index < -0.39 is 0 Å². The first-order chi connectivity index (χ1) is 13.9. The average molecular weight is 391 g/mol. The molecule has 0 aromatic heterocycles. The number of hydrogen-bond acceptors (Lipinski definition) is 3. The summed E-state index contributed by atoms with van der Waals surface area (Å²) in [4.78, 5) is 23.8. The van der Waals surface area contributed by atoms with E-state index in [4.69, 9.17) is 0 Å². The topological polar surface area (TPSA) is 54.4 Å². The van der Waals surface area contributed by atoms with Crippen molar-refractivity contribution in [3.05, 3.63) is 58.2 Å². The highest BCUT2D eigenvalue weighted by Gasteiger charge is 2.56. The largest absolute Gasteiger partial charge is 0.393 e. The summed E-state index contributed by atoms with van der Waals surface area (Å²) in [5, 5.41) is 10.9. The number of rotatable bonds is 2. The minimum atomic E-state index is -0.233. The number of aliphatic hydroxyl groups excluding tert-OH is 1. The number of carbonyl (C=O) groups excluding carboxylic acids is 2. The van der Waals surface area contributed by atoms with Crippen LogP contribution in [-0.2, 0) is 4.79 Å². The van der Waals surface area contributed by atoms with Crippen molar-refractivity contribution in [1.29, 1.82) is 0 Å². The summed E-state index contributed by atoms with van der Waals surface area (Å²) in [5.74, 6) is 1.66. The van der Waals surface area contributed by atoms with Crippen molar-refractivity contribution >= 4 is 11.6 Å². The van der Waals surface area contributed by atoms with Gasteiger partial charge in [0, 0.05) is 17.9 Å². The molecule has 3 heteroatoms. The fourth-order valence-corrected chi connectivity index (χ4v) is 6.88. The Labute approximate surface area is 172 Å². The lowest BCUT2D eigenvalue weighted by Crippen LogP contribution is -2.45. The van der Waals surface area contributed by atoms with Gasteiger partial charge in [-0.2, -0.15) is 0 Å². The van der Waals surface area contributed by atoms with Gasteiger partial charge in [0.05, 0.1) is 6.10 Å². The number of ketones is 2. The molecule has 152 valence electrons. The molecule has 0 heterocycles. The van der Waals surface area contributed by atoms with E-state index in [0.717, 1.165) is 44.1 Å². The Kier molecular flexibility index (Phi) is 4.43. The summed E-state index contributed by atoms with van der Waals surface area (Å²) in [7, 11) is 0. The van der Waals surface area contributed by atoms with Crippen LogP contribution >= 0.6 is 0 Å². The van der Waals surface area contributed by atoms with Crippen LogP contribution in [-0.4, -0.2) is 22.8 Å². The first kappa shape index (κ1) is 19.0. The van der Waals surface area contributed by atoms with Gasteiger partial charge in [0.15, 0.2) is 11.6 Å². The van der Waals surface area contributed by atoms with Gasteiger partial charge in [-0.15, -0.1) is 0 Å². The fourth-order valence-electron chi connectivity index (χ4n) is 6.88. The summed E-state index contributed by atoms with van der Waals surface area (Å²) in [6.07, 6.45) is 8.19. The monoisotopic (exact) mass is 390 g/mol. The number of hydrogen-bond donors (Lipinski definition) is 1. The molecule has 3 nitrogen and oxygen atoms in total. The normalized spacial score (nSPS) is 36.2. The van der Waals surface area contributed by atoms with E-state index in [1.54, 1.807) is 12.5 Å². The third-order valence-electron chi connectivity index (χ3n) is 8.40. The summed E-state index contributed by atoms with van der Waals surface area (Å²) in [6, 6.07) is 8.12. The van der Waals surface area contributed by atoms with Crippen molar-refractivity contribution in [2.24, 2.45) is 17.3 Å². The van der Waals surface area contributed by atoms with Crippen LogP contribution in [0.3, 0.4) is 0 Å². The van der Waals surface area contributed by atoms with E-state index in [2.05, 4.69) is 19.1 Å². The summed E-state index contributed by atoms with van der Waals surface area (Å²) in [5.41, 5.74) is 6.19. The predicted molar refractivity (Wildman–Crippen MR) is 113 cm³/mol. The van der Waals surface area contributed by atoms with E-state index in [-0.39, 0.29) is 29.0 Å². The smallest absolute Gasteiger partial charge is 0.159 e. The highest BCUT2D eigenvalue weighted by Crippen LogP contribution is 2.63. The standard InChI is InChI=1S/C26H30O3/c1-15(27)16-3-5-17(6-4-16)22-14-26(2)23(11-12-24(26)29)21-9-7-18-13-19(28)8-10-20(18)25(21)22/h3-6,13,21-24,29H,7-12,14H2,1-2H3/t21?,22-,23?,24+,26+/m1/s1. The third kappa shape index (κ3) is 2.89. The Bertz CT molecular complexity index is 935. The van der Waals surface area contributed by atoms with Crippen LogP contribution in [0.25, 0.3) is 0 Å². The van der Waals surface area contributed by atoms with Gasteiger partial charge in [0.25, 0.3) is 0 Å². The van der Waals surface area contributed by atoms with Crippen molar-refractivity contribution in [3.63, 3.8) is 0 Å². The minimum Gasteiger partial charge on any atom is -0.393 e. The molecule has 0 amide bonds. The highest BCUT2D eigenvalue weighted by molar-refractivity contribution is 5.94. The molecule has 29 heavy (non-hydrogen) atoms. The van der Waals surface area contributed by atoms with Gasteiger partial charge >= 0.3 is 0 Å². The van der Waals surface area contributed by atoms with Crippen LogP contribution in [0.2, 0.25) is 0 Å². The number of carbonyl (C=O) groups is 2. The van der Waals surface area contributed by atoms with Crippen molar-refractivity contribution in [2.75, 3.05) is 0 Å². The second-order valence-electron chi connectivity index (χ2n) is 9.86. The lowest BCUT2D eigenvalue weighted by Gasteiger charge is -2.52. The zero-order valence-electron chi connectivity index (χ0n) is 17.4. The maximum absolute atomic E-state index is 12.0. The minimum absolute atomic E-state index is 0.0512. The first-order valence-corrected chi connectivity index (χ1v) is 11.1. The molecule has 4 aliphatic rings. The van der Waals surface area contributed by atoms with Crippen LogP contribution in [0.15, 0.2) is 47.1 Å². The molecule has 1 aromatic carbocycles. The van der Waals surface area contributed by atoms with Gasteiger partial charge in [-0.25, -0.2) is 0 Å². The van der Waals surface area contributed by atoms with Gasteiger partial charge in [-0.1, -0.05) is 36.8 Å². The zero-order chi connectivity index (χ0) is 20.3. The predicted octanol–water partition coefficient (Wildman–Crippen LogP) is 5.15. The Hall–Kier alpha value is -2.00. The molecule has 2 unspecified atom stereocenters. The lowest BCUT2D eigenvalue weighted by atomic mass is 9.53. The molecule has 5 rings (SSSR count). The van der Waals surface area contributed by atoms with Crippen molar-refractivity contribution in [2.45, 2.75) is 70.8 Å². The van der Waals surface area contributed by atoms with Crippen LogP contribution in [0.1, 0.15) is 80.6 Å². The quantitative estimate of drug-likeness (QED) is 0.711. The average Bonchev–Trinajstić information content (AvgIpc) is 3.01. The molecule has 0 aliphatic heterocycles. The molecule has 0 saturated heterocycles. The Balaban J connectivity index is 1.65. The second kappa shape index (κ2) is 6.77. The Morgan fingerprint density at radius 1 is 1.07 bits per heavy atom. The van der Waals surface area contributed by atoms with Crippen LogP contribution in [0.4, 0.5) is 0 Å². The Morgan fingerprint density at radius 3 is 2.55 bits per heavy atom.